The molecular formula is C23H25FN6O2. The third-order valence-electron chi connectivity index (χ3n) is 5.11. The number of anilines is 4. The van der Waals surface area contributed by atoms with Gasteiger partial charge < -0.3 is 25.5 Å². The van der Waals surface area contributed by atoms with Gasteiger partial charge in [-0.05, 0) is 26.0 Å². The van der Waals surface area contributed by atoms with Gasteiger partial charge in [0.25, 0.3) is 0 Å². The third-order valence-corrected chi connectivity index (χ3v) is 5.11. The van der Waals surface area contributed by atoms with Crippen molar-refractivity contribution >= 4 is 33.8 Å². The molecule has 4 rings (SSSR count). The summed E-state index contributed by atoms with van der Waals surface area (Å²) >= 11 is 0. The molecule has 3 aromatic rings. The zero-order valence-corrected chi connectivity index (χ0v) is 18.2. The highest BCUT2D eigenvalue weighted by atomic mass is 19.1. The first kappa shape index (κ1) is 21.8. The molecule has 0 bridgehead atoms. The lowest BCUT2D eigenvalue weighted by Crippen LogP contribution is -2.28. The Morgan fingerprint density at radius 2 is 2.09 bits per heavy atom. The van der Waals surface area contributed by atoms with Crippen molar-refractivity contribution in [3.8, 4) is 11.8 Å². The molecule has 5 N–H and O–H groups in total. The van der Waals surface area contributed by atoms with Crippen LogP contribution in [0, 0.1) is 17.7 Å². The molecule has 32 heavy (non-hydrogen) atoms. The Morgan fingerprint density at radius 1 is 1.31 bits per heavy atom. The number of benzene rings is 1. The van der Waals surface area contributed by atoms with Gasteiger partial charge >= 0.3 is 0 Å². The number of halogens is 1. The number of nitrogen functional groups attached to an aromatic ring is 1. The highest BCUT2D eigenvalue weighted by molar-refractivity contribution is 6.05. The van der Waals surface area contributed by atoms with Crippen molar-refractivity contribution in [2.75, 3.05) is 35.8 Å². The van der Waals surface area contributed by atoms with Crippen molar-refractivity contribution in [1.82, 2.24) is 9.97 Å². The maximum absolute atomic E-state index is 15.1. The molecule has 0 saturated carbocycles. The third kappa shape index (κ3) is 4.03. The number of nitrogens with zero attached hydrogens (tertiary/aromatic N) is 4. The van der Waals surface area contributed by atoms with Gasteiger partial charge in [0.05, 0.1) is 24.8 Å². The van der Waals surface area contributed by atoms with Crippen molar-refractivity contribution in [1.29, 1.82) is 0 Å². The molecule has 0 radical (unpaired) electrons. The van der Waals surface area contributed by atoms with E-state index in [0.29, 0.717) is 42.2 Å². The molecule has 0 aliphatic carbocycles. The number of nitrogens with two attached hydrogens (primary N) is 2. The summed E-state index contributed by atoms with van der Waals surface area (Å²) in [7, 11) is 1.61. The first-order valence-corrected chi connectivity index (χ1v) is 10.1. The summed E-state index contributed by atoms with van der Waals surface area (Å²) in [5, 5.41) is 12.0. The molecule has 3 heterocycles. The topological polar surface area (TPSA) is 114 Å². The molecule has 0 unspecified atom stereocenters. The second-order valence-corrected chi connectivity index (χ2v) is 8.14. The lowest BCUT2D eigenvalue weighted by Gasteiger charge is -2.27. The van der Waals surface area contributed by atoms with Gasteiger partial charge in [-0.2, -0.15) is 0 Å². The molecule has 0 saturated heterocycles. The van der Waals surface area contributed by atoms with Crippen molar-refractivity contribution in [2.24, 2.45) is 5.84 Å². The van der Waals surface area contributed by atoms with E-state index >= 15 is 4.39 Å². The van der Waals surface area contributed by atoms with Crippen LogP contribution < -0.4 is 21.5 Å². The molecule has 166 valence electrons. The Labute approximate surface area is 185 Å². The van der Waals surface area contributed by atoms with E-state index in [0.717, 1.165) is 17.4 Å². The second kappa shape index (κ2) is 8.24. The van der Waals surface area contributed by atoms with E-state index in [-0.39, 0.29) is 11.2 Å². The molecule has 0 fully saturated rings. The van der Waals surface area contributed by atoms with Crippen molar-refractivity contribution in [2.45, 2.75) is 26.1 Å². The number of aliphatic hydroxyl groups is 1. The fourth-order valence-electron chi connectivity index (χ4n) is 3.76. The summed E-state index contributed by atoms with van der Waals surface area (Å²) in [6.45, 7) is 4.38. The Kier molecular flexibility index (Phi) is 5.60. The maximum Gasteiger partial charge on any atom is 0.153 e. The Morgan fingerprint density at radius 3 is 2.81 bits per heavy atom. The van der Waals surface area contributed by atoms with Crippen LogP contribution in [0.25, 0.3) is 10.8 Å². The fraction of sp³-hybridized carbons (Fsp3) is 0.304. The maximum atomic E-state index is 15.1. The number of pyridine rings is 2. The van der Waals surface area contributed by atoms with Gasteiger partial charge in [-0.25, -0.2) is 15.2 Å². The number of hydrogen-bond acceptors (Lipinski definition) is 8. The van der Waals surface area contributed by atoms with E-state index in [2.05, 4.69) is 21.8 Å². The first-order chi connectivity index (χ1) is 15.2. The summed E-state index contributed by atoms with van der Waals surface area (Å²) in [5.41, 5.74) is 7.82. The molecule has 1 aliphatic rings. The standard InChI is InChI=1S/C23H25FN6O2/c1-23(2,31)8-7-14-5-4-6-18-16(14)13-32-10-9-30(18)22-19-15(11-27-12-17(19)24)20(29(3)26)21(25)28-22/h4-6,11-12,31H,9-10,13,26H2,1-3H3,(H2,25,28). The lowest BCUT2D eigenvalue weighted by atomic mass is 10.0. The van der Waals surface area contributed by atoms with E-state index in [1.54, 1.807) is 20.9 Å². The Hall–Kier alpha value is -3.45. The van der Waals surface area contributed by atoms with Crippen molar-refractivity contribution in [3.63, 3.8) is 0 Å². The van der Waals surface area contributed by atoms with Gasteiger partial charge in [-0.3, -0.25) is 4.98 Å². The molecule has 2 aromatic heterocycles. The SMILES string of the molecule is CN(N)c1c(N)nc(N2CCOCc3c(C#CC(C)(C)O)cccc32)c2c(F)cncc12. The van der Waals surface area contributed by atoms with Gasteiger partial charge in [0.1, 0.15) is 17.1 Å². The average molecular weight is 436 g/mol. The van der Waals surface area contributed by atoms with Crippen LogP contribution >= 0.6 is 0 Å². The summed E-state index contributed by atoms with van der Waals surface area (Å²) in [5.74, 6) is 11.8. The Bertz CT molecular complexity index is 1240. The van der Waals surface area contributed by atoms with Gasteiger partial charge in [0, 0.05) is 42.0 Å². The molecule has 8 nitrogen and oxygen atoms in total. The van der Waals surface area contributed by atoms with E-state index in [9.17, 15) is 5.11 Å². The van der Waals surface area contributed by atoms with Crippen LogP contribution in [0.4, 0.5) is 27.4 Å². The minimum absolute atomic E-state index is 0.162. The predicted molar refractivity (Wildman–Crippen MR) is 123 cm³/mol. The summed E-state index contributed by atoms with van der Waals surface area (Å²) < 4.78 is 20.9. The minimum Gasteiger partial charge on any atom is -0.382 e. The molecule has 1 aliphatic heterocycles. The van der Waals surface area contributed by atoms with Crippen molar-refractivity contribution < 1.29 is 14.2 Å². The van der Waals surface area contributed by atoms with Crippen LogP contribution in [0.15, 0.2) is 30.6 Å². The number of ether oxygens (including phenoxy) is 1. The van der Waals surface area contributed by atoms with E-state index in [1.165, 1.54) is 11.2 Å². The smallest absolute Gasteiger partial charge is 0.153 e. The molecule has 0 atom stereocenters. The van der Waals surface area contributed by atoms with Gasteiger partial charge in [0.2, 0.25) is 0 Å². The zero-order valence-electron chi connectivity index (χ0n) is 18.2. The molecular weight excluding hydrogens is 411 g/mol. The minimum atomic E-state index is -1.14. The summed E-state index contributed by atoms with van der Waals surface area (Å²) in [6.07, 6.45) is 2.67. The fourth-order valence-corrected chi connectivity index (χ4v) is 3.76. The number of fused-ring (bicyclic) bond motifs is 2. The van der Waals surface area contributed by atoms with Crippen LogP contribution in [0.3, 0.4) is 0 Å². The quantitative estimate of drug-likeness (QED) is 0.319. The average Bonchev–Trinajstić information content (AvgIpc) is 2.93. The van der Waals surface area contributed by atoms with Gasteiger partial charge in [0.15, 0.2) is 11.6 Å². The largest absolute Gasteiger partial charge is 0.382 e. The van der Waals surface area contributed by atoms with Crippen LogP contribution in [-0.2, 0) is 11.3 Å². The van der Waals surface area contributed by atoms with E-state index < -0.39 is 11.4 Å². The van der Waals surface area contributed by atoms with Crippen LogP contribution in [0.2, 0.25) is 0 Å². The number of hydrogen-bond donors (Lipinski definition) is 3. The predicted octanol–water partition coefficient (Wildman–Crippen LogP) is 2.45. The van der Waals surface area contributed by atoms with Crippen LogP contribution in [0.1, 0.15) is 25.0 Å². The highest BCUT2D eigenvalue weighted by Crippen LogP contribution is 2.40. The van der Waals surface area contributed by atoms with Crippen molar-refractivity contribution in [3.05, 3.63) is 47.5 Å². The normalized spacial score (nSPS) is 13.9. The summed E-state index contributed by atoms with van der Waals surface area (Å²) in [6, 6.07) is 5.63. The van der Waals surface area contributed by atoms with E-state index in [4.69, 9.17) is 16.3 Å². The van der Waals surface area contributed by atoms with Crippen LogP contribution in [-0.4, -0.2) is 40.9 Å². The van der Waals surface area contributed by atoms with Gasteiger partial charge in [-0.1, -0.05) is 17.9 Å². The monoisotopic (exact) mass is 436 g/mol. The number of aromatic nitrogens is 2. The van der Waals surface area contributed by atoms with E-state index in [1.807, 2.05) is 23.1 Å². The second-order valence-electron chi connectivity index (χ2n) is 8.14. The van der Waals surface area contributed by atoms with Gasteiger partial charge in [-0.15, -0.1) is 0 Å². The molecule has 0 amide bonds. The number of hydrazine groups is 1. The molecule has 1 aromatic carbocycles. The molecule has 0 spiro atoms. The van der Waals surface area contributed by atoms with Crippen LogP contribution in [0.5, 0.6) is 0 Å². The number of rotatable bonds is 2. The highest BCUT2D eigenvalue weighted by Gasteiger charge is 2.26. The molecule has 9 heteroatoms. The lowest BCUT2D eigenvalue weighted by molar-refractivity contribution is 0.133. The summed E-state index contributed by atoms with van der Waals surface area (Å²) in [4.78, 5) is 10.4. The zero-order chi connectivity index (χ0) is 23.0. The Balaban J connectivity index is 1.97. The first-order valence-electron chi connectivity index (χ1n) is 10.1.